The lowest BCUT2D eigenvalue weighted by molar-refractivity contribution is -0.150. The number of amides is 2. The summed E-state index contributed by atoms with van der Waals surface area (Å²) in [5.41, 5.74) is 1.61. The zero-order chi connectivity index (χ0) is 24.0. The summed E-state index contributed by atoms with van der Waals surface area (Å²) in [6.07, 6.45) is 0. The molecule has 3 rings (SSSR count). The van der Waals surface area contributed by atoms with Crippen molar-refractivity contribution in [2.75, 3.05) is 11.9 Å². The third-order valence-electron chi connectivity index (χ3n) is 4.76. The SMILES string of the molecule is Cc1cc(NC(=O)COC(=O)[C@@H](NC(=O)c2ccccc2)C(C)C)n(-c2ccc(F)cc2)n1. The molecule has 0 radical (unpaired) electrons. The molecule has 2 aromatic carbocycles. The standard InChI is InChI=1S/C24H25FN4O4/c1-15(2)22(27-23(31)17-7-5-4-6-8-17)24(32)33-14-21(30)26-20-13-16(3)28-29(20)19-11-9-18(25)10-12-19/h4-13,15,22H,14H2,1-3H3,(H,26,30)(H,27,31)/t22-/m0/s1. The fourth-order valence-corrected chi connectivity index (χ4v) is 3.08. The maximum atomic E-state index is 13.2. The first kappa shape index (κ1) is 23.6. The van der Waals surface area contributed by atoms with Gasteiger partial charge < -0.3 is 15.4 Å². The number of nitrogens with one attached hydrogen (secondary N) is 2. The highest BCUT2D eigenvalue weighted by Gasteiger charge is 2.27. The van der Waals surface area contributed by atoms with E-state index in [-0.39, 0.29) is 11.7 Å². The Hall–Kier alpha value is -4.01. The molecule has 9 heteroatoms. The highest BCUT2D eigenvalue weighted by Crippen LogP contribution is 2.17. The number of aryl methyl sites for hydroxylation is 1. The lowest BCUT2D eigenvalue weighted by atomic mass is 10.0. The molecule has 0 spiro atoms. The number of carbonyl (C=O) groups excluding carboxylic acids is 3. The van der Waals surface area contributed by atoms with Crippen LogP contribution in [0.15, 0.2) is 60.7 Å². The van der Waals surface area contributed by atoms with E-state index in [1.54, 1.807) is 57.2 Å². The first-order valence-electron chi connectivity index (χ1n) is 10.4. The Kier molecular flexibility index (Phi) is 7.55. The fraction of sp³-hybridized carbons (Fsp3) is 0.250. The second-order valence-electron chi connectivity index (χ2n) is 7.78. The first-order valence-corrected chi connectivity index (χ1v) is 10.4. The zero-order valence-corrected chi connectivity index (χ0v) is 18.5. The quantitative estimate of drug-likeness (QED) is 0.511. The molecule has 172 valence electrons. The van der Waals surface area contributed by atoms with Crippen LogP contribution in [-0.4, -0.2) is 40.2 Å². The minimum atomic E-state index is -0.919. The average molecular weight is 452 g/mol. The van der Waals surface area contributed by atoms with E-state index in [0.29, 0.717) is 22.8 Å². The number of carbonyl (C=O) groups is 3. The lowest BCUT2D eigenvalue weighted by Crippen LogP contribution is -2.45. The Morgan fingerprint density at radius 3 is 2.36 bits per heavy atom. The van der Waals surface area contributed by atoms with Crippen molar-refractivity contribution in [1.82, 2.24) is 15.1 Å². The molecule has 0 fully saturated rings. The van der Waals surface area contributed by atoms with E-state index in [1.807, 2.05) is 0 Å². The number of nitrogens with zero attached hydrogens (tertiary/aromatic N) is 2. The molecule has 0 aliphatic rings. The maximum Gasteiger partial charge on any atom is 0.329 e. The summed E-state index contributed by atoms with van der Waals surface area (Å²) in [6.45, 7) is 4.73. The fourth-order valence-electron chi connectivity index (χ4n) is 3.08. The molecule has 2 amide bonds. The minimum Gasteiger partial charge on any atom is -0.454 e. The van der Waals surface area contributed by atoms with Crippen molar-refractivity contribution in [1.29, 1.82) is 0 Å². The van der Waals surface area contributed by atoms with E-state index in [4.69, 9.17) is 4.74 Å². The van der Waals surface area contributed by atoms with Crippen LogP contribution in [0.5, 0.6) is 0 Å². The second-order valence-corrected chi connectivity index (χ2v) is 7.78. The molecule has 1 aromatic heterocycles. The number of anilines is 1. The summed E-state index contributed by atoms with van der Waals surface area (Å²) in [5, 5.41) is 9.59. The van der Waals surface area contributed by atoms with E-state index >= 15 is 0 Å². The van der Waals surface area contributed by atoms with Gasteiger partial charge in [-0.1, -0.05) is 32.0 Å². The van der Waals surface area contributed by atoms with Crippen molar-refractivity contribution >= 4 is 23.6 Å². The monoisotopic (exact) mass is 452 g/mol. The third-order valence-corrected chi connectivity index (χ3v) is 4.76. The summed E-state index contributed by atoms with van der Waals surface area (Å²) in [6, 6.07) is 14.9. The minimum absolute atomic E-state index is 0.254. The molecule has 0 saturated carbocycles. The van der Waals surface area contributed by atoms with E-state index in [2.05, 4.69) is 15.7 Å². The number of halogens is 1. The summed E-state index contributed by atoms with van der Waals surface area (Å²) in [4.78, 5) is 37.4. The van der Waals surface area contributed by atoms with E-state index in [9.17, 15) is 18.8 Å². The van der Waals surface area contributed by atoms with Gasteiger partial charge in [0, 0.05) is 11.6 Å². The number of hydrogen-bond donors (Lipinski definition) is 2. The smallest absolute Gasteiger partial charge is 0.329 e. The molecule has 8 nitrogen and oxygen atoms in total. The van der Waals surface area contributed by atoms with Gasteiger partial charge in [0.25, 0.3) is 11.8 Å². The van der Waals surface area contributed by atoms with Crippen LogP contribution in [0.2, 0.25) is 0 Å². The highest BCUT2D eigenvalue weighted by molar-refractivity contribution is 5.97. The van der Waals surface area contributed by atoms with Crippen LogP contribution in [0, 0.1) is 18.7 Å². The maximum absolute atomic E-state index is 13.2. The Labute approximate surface area is 190 Å². The second kappa shape index (κ2) is 10.5. The Morgan fingerprint density at radius 2 is 1.73 bits per heavy atom. The summed E-state index contributed by atoms with van der Waals surface area (Å²) in [5.74, 6) is -2.00. The molecule has 0 unspecified atom stereocenters. The Morgan fingerprint density at radius 1 is 1.06 bits per heavy atom. The third kappa shape index (κ3) is 6.25. The summed E-state index contributed by atoms with van der Waals surface area (Å²) < 4.78 is 19.8. The van der Waals surface area contributed by atoms with Gasteiger partial charge in [0.1, 0.15) is 17.7 Å². The van der Waals surface area contributed by atoms with Crippen LogP contribution >= 0.6 is 0 Å². The molecule has 33 heavy (non-hydrogen) atoms. The van der Waals surface area contributed by atoms with Crippen molar-refractivity contribution in [3.05, 3.63) is 77.7 Å². The Balaban J connectivity index is 1.61. The molecular formula is C24H25FN4O4. The number of aromatic nitrogens is 2. The van der Waals surface area contributed by atoms with Gasteiger partial charge >= 0.3 is 5.97 Å². The van der Waals surface area contributed by atoms with Crippen molar-refractivity contribution in [3.8, 4) is 5.69 Å². The van der Waals surface area contributed by atoms with Crippen LogP contribution < -0.4 is 10.6 Å². The van der Waals surface area contributed by atoms with Crippen molar-refractivity contribution < 1.29 is 23.5 Å². The van der Waals surface area contributed by atoms with Gasteiger partial charge in [-0.05, 0) is 49.2 Å². The molecule has 1 atom stereocenters. The Bertz CT molecular complexity index is 1130. The van der Waals surface area contributed by atoms with Crippen LogP contribution in [0.4, 0.5) is 10.2 Å². The van der Waals surface area contributed by atoms with Gasteiger partial charge in [0.15, 0.2) is 6.61 Å². The summed E-state index contributed by atoms with van der Waals surface area (Å²) >= 11 is 0. The predicted molar refractivity (Wildman–Crippen MR) is 120 cm³/mol. The van der Waals surface area contributed by atoms with Gasteiger partial charge in [0.05, 0.1) is 11.4 Å². The predicted octanol–water partition coefficient (Wildman–Crippen LogP) is 3.26. The van der Waals surface area contributed by atoms with Crippen molar-refractivity contribution in [3.63, 3.8) is 0 Å². The van der Waals surface area contributed by atoms with Crippen molar-refractivity contribution in [2.24, 2.45) is 5.92 Å². The number of ether oxygens (including phenoxy) is 1. The molecular weight excluding hydrogens is 427 g/mol. The first-order chi connectivity index (χ1) is 15.7. The van der Waals surface area contributed by atoms with Gasteiger partial charge in [-0.2, -0.15) is 5.10 Å². The van der Waals surface area contributed by atoms with E-state index in [0.717, 1.165) is 0 Å². The van der Waals surface area contributed by atoms with Crippen molar-refractivity contribution in [2.45, 2.75) is 26.8 Å². The van der Waals surface area contributed by atoms with Gasteiger partial charge in [-0.25, -0.2) is 13.9 Å². The normalized spacial score (nSPS) is 11.7. The number of esters is 1. The number of hydrogen-bond acceptors (Lipinski definition) is 5. The molecule has 0 saturated heterocycles. The average Bonchev–Trinajstić information content (AvgIpc) is 3.16. The lowest BCUT2D eigenvalue weighted by Gasteiger charge is -2.20. The molecule has 0 bridgehead atoms. The molecule has 0 aliphatic heterocycles. The van der Waals surface area contributed by atoms with Gasteiger partial charge in [0.2, 0.25) is 0 Å². The van der Waals surface area contributed by atoms with E-state index < -0.39 is 30.4 Å². The summed E-state index contributed by atoms with van der Waals surface area (Å²) in [7, 11) is 0. The van der Waals surface area contributed by atoms with Gasteiger partial charge in [-0.15, -0.1) is 0 Å². The van der Waals surface area contributed by atoms with Crippen LogP contribution in [0.3, 0.4) is 0 Å². The topological polar surface area (TPSA) is 102 Å². The number of rotatable bonds is 8. The molecule has 3 aromatic rings. The van der Waals surface area contributed by atoms with E-state index in [1.165, 1.54) is 28.9 Å². The molecule has 2 N–H and O–H groups in total. The largest absolute Gasteiger partial charge is 0.454 e. The number of benzene rings is 2. The van der Waals surface area contributed by atoms with Crippen LogP contribution in [0.1, 0.15) is 29.9 Å². The van der Waals surface area contributed by atoms with Crippen LogP contribution in [0.25, 0.3) is 5.69 Å². The zero-order valence-electron chi connectivity index (χ0n) is 18.5. The highest BCUT2D eigenvalue weighted by atomic mass is 19.1. The molecule has 0 aliphatic carbocycles. The van der Waals surface area contributed by atoms with Gasteiger partial charge in [-0.3, -0.25) is 9.59 Å². The molecule has 1 heterocycles. The van der Waals surface area contributed by atoms with Crippen LogP contribution in [-0.2, 0) is 14.3 Å².